The minimum atomic E-state index is -0.562. The van der Waals surface area contributed by atoms with Crippen molar-refractivity contribution in [2.75, 3.05) is 36.6 Å². The molecule has 142 valence electrons. The molecule has 0 aromatic heterocycles. The summed E-state index contributed by atoms with van der Waals surface area (Å²) in [5, 5.41) is 7.93. The van der Waals surface area contributed by atoms with Gasteiger partial charge in [0, 0.05) is 38.0 Å². The molecule has 0 atom stereocenters. The van der Waals surface area contributed by atoms with Gasteiger partial charge >= 0.3 is 0 Å². The average Bonchev–Trinajstić information content (AvgIpc) is 2.62. The number of carbonyl (C=O) groups excluding carboxylic acids is 3. The summed E-state index contributed by atoms with van der Waals surface area (Å²) < 4.78 is 13.6. The maximum absolute atomic E-state index is 13.6. The summed E-state index contributed by atoms with van der Waals surface area (Å²) >= 11 is 0. The lowest BCUT2D eigenvalue weighted by Crippen LogP contribution is -2.23. The van der Waals surface area contributed by atoms with Crippen molar-refractivity contribution in [3.05, 3.63) is 53.8 Å². The van der Waals surface area contributed by atoms with Crippen LogP contribution in [0, 0.1) is 5.82 Å². The van der Waals surface area contributed by atoms with Gasteiger partial charge in [-0.05, 0) is 42.5 Å². The van der Waals surface area contributed by atoms with Gasteiger partial charge in [-0.3, -0.25) is 14.4 Å². The quantitative estimate of drug-likeness (QED) is 0.727. The van der Waals surface area contributed by atoms with Crippen LogP contribution in [0.4, 0.5) is 21.5 Å². The summed E-state index contributed by atoms with van der Waals surface area (Å²) in [5.41, 5.74) is 1.60. The fourth-order valence-electron chi connectivity index (χ4n) is 2.26. The van der Waals surface area contributed by atoms with E-state index in [1.165, 1.54) is 30.0 Å². The van der Waals surface area contributed by atoms with Gasteiger partial charge in [-0.1, -0.05) is 0 Å². The van der Waals surface area contributed by atoms with E-state index in [9.17, 15) is 18.8 Å². The normalized spacial score (nSPS) is 10.1. The molecule has 0 saturated heterocycles. The molecule has 0 unspecified atom stereocenters. The Morgan fingerprint density at radius 1 is 0.963 bits per heavy atom. The molecule has 8 heteroatoms. The van der Waals surface area contributed by atoms with Crippen molar-refractivity contribution in [2.24, 2.45) is 0 Å². The third-order valence-electron chi connectivity index (χ3n) is 3.55. The number of nitrogens with zero attached hydrogens (tertiary/aromatic N) is 1. The van der Waals surface area contributed by atoms with E-state index in [0.717, 1.165) is 0 Å². The summed E-state index contributed by atoms with van der Waals surface area (Å²) in [5.74, 6) is -1.39. The number of halogens is 1. The van der Waals surface area contributed by atoms with Crippen LogP contribution in [0.2, 0.25) is 0 Å². The number of benzene rings is 2. The van der Waals surface area contributed by atoms with Gasteiger partial charge < -0.3 is 20.9 Å². The molecule has 0 aliphatic rings. The Bertz CT molecular complexity index is 851. The Kier molecular flexibility index (Phi) is 6.48. The van der Waals surface area contributed by atoms with Crippen LogP contribution in [0.3, 0.4) is 0 Å². The Balaban J connectivity index is 1.93. The molecule has 2 rings (SSSR count). The van der Waals surface area contributed by atoms with E-state index in [-0.39, 0.29) is 30.0 Å². The Morgan fingerprint density at radius 3 is 2.19 bits per heavy atom. The van der Waals surface area contributed by atoms with Crippen LogP contribution in [0.1, 0.15) is 17.3 Å². The predicted octanol–water partition coefficient (Wildman–Crippen LogP) is 2.54. The molecule has 0 spiro atoms. The highest BCUT2D eigenvalue weighted by Gasteiger charge is 2.09. The molecule has 0 aliphatic heterocycles. The van der Waals surface area contributed by atoms with Crippen LogP contribution in [-0.4, -0.2) is 43.3 Å². The van der Waals surface area contributed by atoms with Gasteiger partial charge in [0.15, 0.2) is 0 Å². The Labute approximate surface area is 156 Å². The van der Waals surface area contributed by atoms with Gasteiger partial charge in [0.25, 0.3) is 5.91 Å². The number of hydrogen-bond donors (Lipinski definition) is 3. The highest BCUT2D eigenvalue weighted by atomic mass is 19.1. The number of rotatable bonds is 6. The lowest BCUT2D eigenvalue weighted by atomic mass is 10.2. The van der Waals surface area contributed by atoms with Crippen LogP contribution >= 0.6 is 0 Å². The minimum absolute atomic E-state index is 0.0362. The SMILES string of the molecule is CC(=O)Nc1cc(NCC(=O)Nc2ccc(C(=O)N(C)C)cc2)ccc1F. The van der Waals surface area contributed by atoms with Gasteiger partial charge in [0.2, 0.25) is 11.8 Å². The highest BCUT2D eigenvalue weighted by Crippen LogP contribution is 2.19. The predicted molar refractivity (Wildman–Crippen MR) is 102 cm³/mol. The van der Waals surface area contributed by atoms with Crippen molar-refractivity contribution in [3.63, 3.8) is 0 Å². The van der Waals surface area contributed by atoms with Crippen LogP contribution in [-0.2, 0) is 9.59 Å². The lowest BCUT2D eigenvalue weighted by molar-refractivity contribution is -0.115. The first-order valence-electron chi connectivity index (χ1n) is 8.19. The van der Waals surface area contributed by atoms with Crippen molar-refractivity contribution in [3.8, 4) is 0 Å². The fraction of sp³-hybridized carbons (Fsp3) is 0.211. The van der Waals surface area contributed by atoms with Crippen molar-refractivity contribution in [1.82, 2.24) is 4.90 Å². The standard InChI is InChI=1S/C19H21FN4O3/c1-12(25)22-17-10-15(8-9-16(17)20)21-11-18(26)23-14-6-4-13(5-7-14)19(27)24(2)3/h4-10,21H,11H2,1-3H3,(H,22,25)(H,23,26). The number of amides is 3. The molecule has 0 saturated carbocycles. The van der Waals surface area contributed by atoms with Crippen molar-refractivity contribution in [1.29, 1.82) is 0 Å². The number of hydrogen-bond acceptors (Lipinski definition) is 4. The number of nitrogens with one attached hydrogen (secondary N) is 3. The second-order valence-electron chi connectivity index (χ2n) is 6.05. The van der Waals surface area contributed by atoms with Crippen molar-refractivity contribution in [2.45, 2.75) is 6.92 Å². The second kappa shape index (κ2) is 8.79. The largest absolute Gasteiger partial charge is 0.376 e. The third-order valence-corrected chi connectivity index (χ3v) is 3.55. The van der Waals surface area contributed by atoms with E-state index in [4.69, 9.17) is 0 Å². The van der Waals surface area contributed by atoms with Crippen molar-refractivity contribution < 1.29 is 18.8 Å². The molecule has 3 amide bonds. The molecule has 7 nitrogen and oxygen atoms in total. The molecule has 0 fully saturated rings. The van der Waals surface area contributed by atoms with Crippen LogP contribution in [0.5, 0.6) is 0 Å². The molecule has 0 aliphatic carbocycles. The number of carbonyl (C=O) groups is 3. The van der Waals surface area contributed by atoms with Gasteiger partial charge in [-0.25, -0.2) is 4.39 Å². The summed E-state index contributed by atoms with van der Waals surface area (Å²) in [7, 11) is 3.33. The van der Waals surface area contributed by atoms with E-state index in [0.29, 0.717) is 16.9 Å². The van der Waals surface area contributed by atoms with E-state index in [2.05, 4.69) is 16.0 Å². The van der Waals surface area contributed by atoms with Crippen LogP contribution < -0.4 is 16.0 Å². The van der Waals surface area contributed by atoms with Gasteiger partial charge in [0.1, 0.15) is 5.82 Å². The lowest BCUT2D eigenvalue weighted by Gasteiger charge is -2.12. The third kappa shape index (κ3) is 5.81. The summed E-state index contributed by atoms with van der Waals surface area (Å²) in [6.07, 6.45) is 0. The van der Waals surface area contributed by atoms with E-state index < -0.39 is 5.82 Å². The molecule has 0 heterocycles. The summed E-state index contributed by atoms with van der Waals surface area (Å²) in [6.45, 7) is 1.23. The van der Waals surface area contributed by atoms with Gasteiger partial charge in [0.05, 0.1) is 12.2 Å². The Hall–Kier alpha value is -3.42. The smallest absolute Gasteiger partial charge is 0.253 e. The molecular formula is C19H21FN4O3. The first kappa shape index (κ1) is 19.9. The molecule has 0 radical (unpaired) electrons. The molecule has 27 heavy (non-hydrogen) atoms. The molecule has 3 N–H and O–H groups in total. The maximum Gasteiger partial charge on any atom is 0.253 e. The molecule has 2 aromatic rings. The minimum Gasteiger partial charge on any atom is -0.376 e. The van der Waals surface area contributed by atoms with E-state index in [1.807, 2.05) is 0 Å². The zero-order chi connectivity index (χ0) is 20.0. The monoisotopic (exact) mass is 372 g/mol. The van der Waals surface area contributed by atoms with Gasteiger partial charge in [-0.2, -0.15) is 0 Å². The Morgan fingerprint density at radius 2 is 1.59 bits per heavy atom. The molecule has 0 bridgehead atoms. The average molecular weight is 372 g/mol. The van der Waals surface area contributed by atoms with Crippen LogP contribution in [0.15, 0.2) is 42.5 Å². The van der Waals surface area contributed by atoms with Crippen LogP contribution in [0.25, 0.3) is 0 Å². The molecule has 2 aromatic carbocycles. The topological polar surface area (TPSA) is 90.5 Å². The number of anilines is 3. The molecular weight excluding hydrogens is 351 g/mol. The maximum atomic E-state index is 13.6. The zero-order valence-electron chi connectivity index (χ0n) is 15.3. The second-order valence-corrected chi connectivity index (χ2v) is 6.05. The summed E-state index contributed by atoms with van der Waals surface area (Å²) in [4.78, 5) is 36.4. The summed E-state index contributed by atoms with van der Waals surface area (Å²) in [6, 6.07) is 10.6. The van der Waals surface area contributed by atoms with Crippen molar-refractivity contribution >= 4 is 34.8 Å². The van der Waals surface area contributed by atoms with E-state index in [1.54, 1.807) is 38.4 Å². The van der Waals surface area contributed by atoms with E-state index >= 15 is 0 Å². The van der Waals surface area contributed by atoms with Gasteiger partial charge in [-0.15, -0.1) is 0 Å². The zero-order valence-corrected chi connectivity index (χ0v) is 15.3. The highest BCUT2D eigenvalue weighted by molar-refractivity contribution is 5.96. The first-order chi connectivity index (χ1) is 12.8. The fourth-order valence-corrected chi connectivity index (χ4v) is 2.26. The first-order valence-corrected chi connectivity index (χ1v) is 8.19.